The van der Waals surface area contributed by atoms with E-state index in [4.69, 9.17) is 0 Å². The molecule has 0 radical (unpaired) electrons. The minimum atomic E-state index is -4.46. The summed E-state index contributed by atoms with van der Waals surface area (Å²) in [4.78, 5) is 34.9. The summed E-state index contributed by atoms with van der Waals surface area (Å²) < 4.78 is 39.7. The van der Waals surface area contributed by atoms with E-state index in [1.807, 2.05) is 0 Å². The van der Waals surface area contributed by atoms with Crippen LogP contribution >= 0.6 is 0 Å². The summed E-state index contributed by atoms with van der Waals surface area (Å²) in [6.45, 7) is -0.449. The van der Waals surface area contributed by atoms with Crippen molar-refractivity contribution in [3.8, 4) is 0 Å². The number of carbonyl (C=O) groups excluding carboxylic acids is 1. The second kappa shape index (κ2) is 6.73. The first-order valence-electron chi connectivity index (χ1n) is 6.88. The molecule has 24 heavy (non-hydrogen) atoms. The fourth-order valence-electron chi connectivity index (χ4n) is 2.01. The number of amides is 1. The summed E-state index contributed by atoms with van der Waals surface area (Å²) in [5.41, 5.74) is -1.67. The molecule has 128 valence electrons. The Morgan fingerprint density at radius 2 is 1.92 bits per heavy atom. The topological polar surface area (TPSA) is 73.1 Å². The lowest BCUT2D eigenvalue weighted by Gasteiger charge is -2.10. The molecule has 0 saturated heterocycles. The average molecular weight is 341 g/mol. The van der Waals surface area contributed by atoms with Gasteiger partial charge in [-0.2, -0.15) is 13.2 Å². The fraction of sp³-hybridized carbons (Fsp3) is 0.267. The Labute approximate surface area is 134 Å². The van der Waals surface area contributed by atoms with Gasteiger partial charge in [-0.1, -0.05) is 12.1 Å². The van der Waals surface area contributed by atoms with Crippen LogP contribution in [0, 0.1) is 0 Å². The van der Waals surface area contributed by atoms with Crippen molar-refractivity contribution in [3.05, 3.63) is 68.5 Å². The third kappa shape index (κ3) is 4.12. The van der Waals surface area contributed by atoms with Crippen LogP contribution in [0.3, 0.4) is 0 Å². The Morgan fingerprint density at radius 1 is 1.21 bits per heavy atom. The number of aromatic nitrogens is 2. The Bertz CT molecular complexity index is 868. The van der Waals surface area contributed by atoms with Gasteiger partial charge in [0.25, 0.3) is 5.56 Å². The van der Waals surface area contributed by atoms with E-state index in [1.165, 1.54) is 25.4 Å². The smallest absolute Gasteiger partial charge is 0.350 e. The summed E-state index contributed by atoms with van der Waals surface area (Å²) >= 11 is 0. The largest absolute Gasteiger partial charge is 0.416 e. The maximum Gasteiger partial charge on any atom is 0.416 e. The number of benzene rings is 1. The molecule has 1 heterocycles. The van der Waals surface area contributed by atoms with Gasteiger partial charge >= 0.3 is 11.9 Å². The van der Waals surface area contributed by atoms with Crippen molar-refractivity contribution in [3.63, 3.8) is 0 Å². The lowest BCUT2D eigenvalue weighted by molar-refractivity contribution is -0.137. The monoisotopic (exact) mass is 341 g/mol. The van der Waals surface area contributed by atoms with Gasteiger partial charge in [-0.3, -0.25) is 18.7 Å². The molecule has 1 N–H and O–H groups in total. The van der Waals surface area contributed by atoms with Crippen LogP contribution in [-0.4, -0.2) is 15.0 Å². The number of alkyl halides is 3. The van der Waals surface area contributed by atoms with Gasteiger partial charge < -0.3 is 5.32 Å². The minimum absolute atomic E-state index is 0.108. The van der Waals surface area contributed by atoms with Gasteiger partial charge in [0.2, 0.25) is 5.91 Å². The molecule has 0 unspecified atom stereocenters. The zero-order valence-corrected chi connectivity index (χ0v) is 12.6. The van der Waals surface area contributed by atoms with Crippen LogP contribution in [0.25, 0.3) is 0 Å². The SMILES string of the molecule is Cn1c(=O)ccn(CC(=O)NCc2cccc(C(F)(F)F)c2)c1=O. The average Bonchev–Trinajstić information content (AvgIpc) is 2.53. The van der Waals surface area contributed by atoms with Crippen molar-refractivity contribution in [1.82, 2.24) is 14.5 Å². The van der Waals surface area contributed by atoms with Crippen molar-refractivity contribution in [2.24, 2.45) is 7.05 Å². The molecule has 0 fully saturated rings. The molecule has 0 atom stereocenters. The highest BCUT2D eigenvalue weighted by Crippen LogP contribution is 2.29. The quantitative estimate of drug-likeness (QED) is 0.897. The van der Waals surface area contributed by atoms with Gasteiger partial charge in [-0.25, -0.2) is 4.79 Å². The van der Waals surface area contributed by atoms with Crippen LogP contribution in [-0.2, 0) is 31.1 Å². The number of nitrogens with one attached hydrogen (secondary N) is 1. The highest BCUT2D eigenvalue weighted by Gasteiger charge is 2.30. The molecule has 1 aromatic carbocycles. The summed E-state index contributed by atoms with van der Waals surface area (Å²) in [7, 11) is 1.28. The van der Waals surface area contributed by atoms with E-state index in [0.717, 1.165) is 27.3 Å². The van der Waals surface area contributed by atoms with Crippen LogP contribution in [0.1, 0.15) is 11.1 Å². The zero-order chi connectivity index (χ0) is 17.9. The number of rotatable bonds is 4. The molecular weight excluding hydrogens is 327 g/mol. The van der Waals surface area contributed by atoms with Crippen molar-refractivity contribution in [1.29, 1.82) is 0 Å². The van der Waals surface area contributed by atoms with Gasteiger partial charge in [0.1, 0.15) is 6.54 Å². The van der Waals surface area contributed by atoms with E-state index in [0.29, 0.717) is 0 Å². The molecule has 0 saturated carbocycles. The fourth-order valence-corrected chi connectivity index (χ4v) is 2.01. The van der Waals surface area contributed by atoms with Crippen LogP contribution in [0.2, 0.25) is 0 Å². The minimum Gasteiger partial charge on any atom is -0.350 e. The third-order valence-electron chi connectivity index (χ3n) is 3.32. The van der Waals surface area contributed by atoms with Crippen LogP contribution in [0.5, 0.6) is 0 Å². The molecule has 6 nitrogen and oxygen atoms in total. The molecule has 0 aliphatic heterocycles. The van der Waals surface area contributed by atoms with Gasteiger partial charge in [0.15, 0.2) is 0 Å². The second-order valence-corrected chi connectivity index (χ2v) is 5.10. The second-order valence-electron chi connectivity index (χ2n) is 5.10. The van der Waals surface area contributed by atoms with E-state index >= 15 is 0 Å². The van der Waals surface area contributed by atoms with Crippen molar-refractivity contribution in [2.75, 3.05) is 0 Å². The summed E-state index contributed by atoms with van der Waals surface area (Å²) in [5, 5.41) is 2.43. The van der Waals surface area contributed by atoms with Crippen LogP contribution in [0.4, 0.5) is 13.2 Å². The van der Waals surface area contributed by atoms with Gasteiger partial charge in [-0.05, 0) is 17.7 Å². The number of halogens is 3. The molecule has 9 heteroatoms. The molecule has 2 aromatic rings. The maximum atomic E-state index is 12.6. The van der Waals surface area contributed by atoms with Crippen molar-refractivity contribution < 1.29 is 18.0 Å². The normalized spacial score (nSPS) is 11.3. The Kier molecular flexibility index (Phi) is 4.91. The maximum absolute atomic E-state index is 12.6. The molecular formula is C15H14F3N3O3. The Morgan fingerprint density at radius 3 is 2.58 bits per heavy atom. The van der Waals surface area contributed by atoms with Crippen molar-refractivity contribution >= 4 is 5.91 Å². The van der Waals surface area contributed by atoms with Gasteiger partial charge in [0, 0.05) is 25.9 Å². The molecule has 0 bridgehead atoms. The summed E-state index contributed by atoms with van der Waals surface area (Å²) in [6, 6.07) is 5.73. The molecule has 0 spiro atoms. The lowest BCUT2D eigenvalue weighted by Crippen LogP contribution is -2.40. The molecule has 1 amide bonds. The first-order chi connectivity index (χ1) is 11.2. The first kappa shape index (κ1) is 17.5. The van der Waals surface area contributed by atoms with Gasteiger partial charge in [0.05, 0.1) is 5.56 Å². The van der Waals surface area contributed by atoms with Crippen LogP contribution in [0.15, 0.2) is 46.1 Å². The summed E-state index contributed by atoms with van der Waals surface area (Å²) in [6.07, 6.45) is -3.27. The van der Waals surface area contributed by atoms with Crippen LogP contribution < -0.4 is 16.6 Å². The Balaban J connectivity index is 2.03. The number of hydrogen-bond donors (Lipinski definition) is 1. The molecule has 0 aliphatic rings. The van der Waals surface area contributed by atoms with E-state index in [9.17, 15) is 27.6 Å². The number of hydrogen-bond acceptors (Lipinski definition) is 3. The number of nitrogens with zero attached hydrogens (tertiary/aromatic N) is 2. The van der Waals surface area contributed by atoms with E-state index in [-0.39, 0.29) is 18.7 Å². The van der Waals surface area contributed by atoms with E-state index < -0.39 is 28.9 Å². The zero-order valence-electron chi connectivity index (χ0n) is 12.6. The number of carbonyl (C=O) groups is 1. The first-order valence-corrected chi connectivity index (χ1v) is 6.88. The predicted molar refractivity (Wildman–Crippen MR) is 79.2 cm³/mol. The van der Waals surface area contributed by atoms with E-state index in [1.54, 1.807) is 0 Å². The highest BCUT2D eigenvalue weighted by molar-refractivity contribution is 5.75. The molecule has 0 aliphatic carbocycles. The Hall–Kier alpha value is -2.84. The summed E-state index contributed by atoms with van der Waals surface area (Å²) in [5.74, 6) is -0.562. The third-order valence-corrected chi connectivity index (χ3v) is 3.32. The molecule has 2 rings (SSSR count). The van der Waals surface area contributed by atoms with Gasteiger partial charge in [-0.15, -0.1) is 0 Å². The highest BCUT2D eigenvalue weighted by atomic mass is 19.4. The van der Waals surface area contributed by atoms with Crippen molar-refractivity contribution in [2.45, 2.75) is 19.3 Å². The van der Waals surface area contributed by atoms with E-state index in [2.05, 4.69) is 5.32 Å². The molecule has 1 aromatic heterocycles. The lowest BCUT2D eigenvalue weighted by atomic mass is 10.1. The standard InChI is InChI=1S/C15H14F3N3O3/c1-20-13(23)5-6-21(14(20)24)9-12(22)19-8-10-3-2-4-11(7-10)15(16,17)18/h2-7H,8-9H2,1H3,(H,19,22). The predicted octanol–water partition coefficient (Wildman–Crippen LogP) is 0.882.